The number of benzene rings is 1. The monoisotopic (exact) mass is 304 g/mol. The lowest BCUT2D eigenvalue weighted by Gasteiger charge is -2.20. The van der Waals surface area contributed by atoms with Crippen molar-refractivity contribution in [2.45, 2.75) is 19.1 Å². The first-order valence-corrected chi connectivity index (χ1v) is 7.82. The summed E-state index contributed by atoms with van der Waals surface area (Å²) < 4.78 is 0. The molecule has 0 saturated heterocycles. The Morgan fingerprint density at radius 3 is 2.62 bits per heavy atom. The van der Waals surface area contributed by atoms with Crippen molar-refractivity contribution < 1.29 is 9.90 Å². The number of hydrogen-bond donors (Lipinski definition) is 3. The predicted octanol–water partition coefficient (Wildman–Crippen LogP) is 2.23. The molecule has 5 heteroatoms. The summed E-state index contributed by atoms with van der Waals surface area (Å²) in [6.07, 6.45) is -0.680. The minimum absolute atomic E-state index is 0.152. The molecule has 2 aromatic rings. The highest BCUT2D eigenvalue weighted by Gasteiger charge is 2.22. The Balaban J connectivity index is 1.88. The van der Waals surface area contributed by atoms with Gasteiger partial charge >= 0.3 is 0 Å². The molecule has 4 N–H and O–H groups in total. The second kappa shape index (κ2) is 7.36. The van der Waals surface area contributed by atoms with E-state index in [1.807, 2.05) is 47.2 Å². The van der Waals surface area contributed by atoms with Crippen LogP contribution < -0.4 is 11.1 Å². The summed E-state index contributed by atoms with van der Waals surface area (Å²) >= 11 is 1.52. The molecule has 0 aliphatic rings. The Bertz CT molecular complexity index is 557. The lowest BCUT2D eigenvalue weighted by Crippen LogP contribution is -2.37. The molecule has 0 aliphatic heterocycles. The maximum absolute atomic E-state index is 12.1. The fourth-order valence-corrected chi connectivity index (χ4v) is 2.77. The molecule has 4 nitrogen and oxygen atoms in total. The molecule has 0 fully saturated rings. The van der Waals surface area contributed by atoms with Crippen LogP contribution in [0.3, 0.4) is 0 Å². The standard InChI is InChI=1S/C16H20N2O2S/c1-11(15(17)12-5-3-2-4-6-12)16(20)18-9-14(19)13-7-8-21-10-13/h2-8,10-11,14-15,19H,9,17H2,1H3,(H,18,20). The van der Waals surface area contributed by atoms with Crippen LogP contribution in [0.25, 0.3) is 0 Å². The molecule has 1 aromatic heterocycles. The van der Waals surface area contributed by atoms with Crippen molar-refractivity contribution in [2.24, 2.45) is 11.7 Å². The number of nitrogens with one attached hydrogen (secondary N) is 1. The molecule has 3 atom stereocenters. The number of amides is 1. The highest BCUT2D eigenvalue weighted by molar-refractivity contribution is 7.07. The van der Waals surface area contributed by atoms with E-state index in [2.05, 4.69) is 5.32 Å². The number of thiophene rings is 1. The van der Waals surface area contributed by atoms with Crippen molar-refractivity contribution in [1.82, 2.24) is 5.32 Å². The van der Waals surface area contributed by atoms with Crippen molar-refractivity contribution in [3.63, 3.8) is 0 Å². The molecule has 0 spiro atoms. The van der Waals surface area contributed by atoms with E-state index in [0.717, 1.165) is 11.1 Å². The van der Waals surface area contributed by atoms with Gasteiger partial charge in [0, 0.05) is 12.6 Å². The van der Waals surface area contributed by atoms with Crippen LogP contribution in [0.1, 0.15) is 30.2 Å². The van der Waals surface area contributed by atoms with E-state index in [1.165, 1.54) is 11.3 Å². The first kappa shape index (κ1) is 15.7. The molecule has 112 valence electrons. The van der Waals surface area contributed by atoms with Crippen molar-refractivity contribution in [1.29, 1.82) is 0 Å². The van der Waals surface area contributed by atoms with Crippen molar-refractivity contribution >= 4 is 17.2 Å². The van der Waals surface area contributed by atoms with E-state index in [-0.39, 0.29) is 24.4 Å². The average Bonchev–Trinajstić information content (AvgIpc) is 3.06. The SMILES string of the molecule is CC(C(=O)NCC(O)c1ccsc1)C(N)c1ccccc1. The minimum Gasteiger partial charge on any atom is -0.387 e. The van der Waals surface area contributed by atoms with Gasteiger partial charge in [0.2, 0.25) is 5.91 Å². The van der Waals surface area contributed by atoms with Gasteiger partial charge in [-0.05, 0) is 28.0 Å². The van der Waals surface area contributed by atoms with Gasteiger partial charge in [-0.2, -0.15) is 11.3 Å². The van der Waals surface area contributed by atoms with Crippen molar-refractivity contribution in [2.75, 3.05) is 6.54 Å². The zero-order valence-electron chi connectivity index (χ0n) is 11.9. The number of aliphatic hydroxyl groups excluding tert-OH is 1. The molecule has 21 heavy (non-hydrogen) atoms. The van der Waals surface area contributed by atoms with Crippen molar-refractivity contribution in [3.05, 3.63) is 58.3 Å². The zero-order chi connectivity index (χ0) is 15.2. The van der Waals surface area contributed by atoms with E-state index in [4.69, 9.17) is 5.73 Å². The van der Waals surface area contributed by atoms with E-state index in [9.17, 15) is 9.90 Å². The molecule has 0 aliphatic carbocycles. The second-order valence-electron chi connectivity index (χ2n) is 5.04. The maximum Gasteiger partial charge on any atom is 0.224 e. The zero-order valence-corrected chi connectivity index (χ0v) is 12.7. The number of carbonyl (C=O) groups is 1. The topological polar surface area (TPSA) is 75.3 Å². The van der Waals surface area contributed by atoms with E-state index in [0.29, 0.717) is 0 Å². The van der Waals surface area contributed by atoms with Gasteiger partial charge in [0.05, 0.1) is 12.0 Å². The molecule has 2 rings (SSSR count). The fourth-order valence-electron chi connectivity index (χ4n) is 2.07. The Morgan fingerprint density at radius 2 is 2.00 bits per heavy atom. The minimum atomic E-state index is -0.680. The summed E-state index contributed by atoms with van der Waals surface area (Å²) in [5.74, 6) is -0.511. The predicted molar refractivity (Wildman–Crippen MR) is 84.8 cm³/mol. The Hall–Kier alpha value is -1.69. The largest absolute Gasteiger partial charge is 0.387 e. The summed E-state index contributed by atoms with van der Waals surface area (Å²) in [7, 11) is 0. The van der Waals surface area contributed by atoms with Gasteiger partial charge < -0.3 is 16.2 Å². The third-order valence-electron chi connectivity index (χ3n) is 3.53. The van der Waals surface area contributed by atoms with Crippen LogP contribution in [-0.2, 0) is 4.79 Å². The molecule has 0 radical (unpaired) electrons. The number of nitrogens with two attached hydrogens (primary N) is 1. The third kappa shape index (κ3) is 4.14. The van der Waals surface area contributed by atoms with Crippen LogP contribution in [0.15, 0.2) is 47.2 Å². The summed E-state index contributed by atoms with van der Waals surface area (Å²) in [5, 5.41) is 16.5. The van der Waals surface area contributed by atoms with Crippen molar-refractivity contribution in [3.8, 4) is 0 Å². The highest BCUT2D eigenvalue weighted by atomic mass is 32.1. The summed E-state index contributed by atoms with van der Waals surface area (Å²) in [4.78, 5) is 12.1. The number of hydrogen-bond acceptors (Lipinski definition) is 4. The van der Waals surface area contributed by atoms with Gasteiger partial charge in [0.15, 0.2) is 0 Å². The normalized spacial score (nSPS) is 15.2. The summed E-state index contributed by atoms with van der Waals surface area (Å²) in [6.45, 7) is 1.99. The average molecular weight is 304 g/mol. The molecule has 0 saturated carbocycles. The van der Waals surface area contributed by atoms with Crippen LogP contribution in [0, 0.1) is 5.92 Å². The number of aliphatic hydroxyl groups is 1. The molecule has 0 bridgehead atoms. The van der Waals surface area contributed by atoms with Gasteiger partial charge in [0.25, 0.3) is 0 Å². The van der Waals surface area contributed by atoms with Gasteiger partial charge in [0.1, 0.15) is 0 Å². The third-order valence-corrected chi connectivity index (χ3v) is 4.24. The number of carbonyl (C=O) groups excluding carboxylic acids is 1. The molecule has 1 heterocycles. The van der Waals surface area contributed by atoms with E-state index < -0.39 is 6.10 Å². The van der Waals surface area contributed by atoms with E-state index in [1.54, 1.807) is 6.92 Å². The lowest BCUT2D eigenvalue weighted by molar-refractivity contribution is -0.125. The van der Waals surface area contributed by atoms with Gasteiger partial charge in [-0.25, -0.2) is 0 Å². The van der Waals surface area contributed by atoms with E-state index >= 15 is 0 Å². The molecular weight excluding hydrogens is 284 g/mol. The van der Waals surface area contributed by atoms with Crippen LogP contribution in [0.2, 0.25) is 0 Å². The van der Waals surface area contributed by atoms with Crippen LogP contribution in [0.5, 0.6) is 0 Å². The smallest absolute Gasteiger partial charge is 0.224 e. The summed E-state index contributed by atoms with van der Waals surface area (Å²) in [5.41, 5.74) is 7.87. The quantitative estimate of drug-likeness (QED) is 0.766. The second-order valence-corrected chi connectivity index (χ2v) is 5.82. The Labute approximate surface area is 128 Å². The molecule has 1 amide bonds. The lowest BCUT2D eigenvalue weighted by atomic mass is 9.94. The number of rotatable bonds is 6. The van der Waals surface area contributed by atoms with Crippen LogP contribution >= 0.6 is 11.3 Å². The first-order valence-electron chi connectivity index (χ1n) is 6.88. The first-order chi connectivity index (χ1) is 10.1. The van der Waals surface area contributed by atoms with Crippen LogP contribution in [0.4, 0.5) is 0 Å². The molecule has 1 aromatic carbocycles. The molecule has 3 unspecified atom stereocenters. The van der Waals surface area contributed by atoms with Gasteiger partial charge in [-0.1, -0.05) is 37.3 Å². The Kier molecular flexibility index (Phi) is 5.50. The Morgan fingerprint density at radius 1 is 1.29 bits per heavy atom. The van der Waals surface area contributed by atoms with Crippen LogP contribution in [-0.4, -0.2) is 17.6 Å². The maximum atomic E-state index is 12.1. The van der Waals surface area contributed by atoms with Gasteiger partial charge in [-0.15, -0.1) is 0 Å². The fraction of sp³-hybridized carbons (Fsp3) is 0.312. The molecular formula is C16H20N2O2S. The summed E-state index contributed by atoms with van der Waals surface area (Å²) in [6, 6.07) is 11.0. The van der Waals surface area contributed by atoms with Gasteiger partial charge in [-0.3, -0.25) is 4.79 Å². The highest BCUT2D eigenvalue weighted by Crippen LogP contribution is 2.20.